The molecule has 0 fully saturated rings. The van der Waals surface area contributed by atoms with Crippen LogP contribution < -0.4 is 5.32 Å². The maximum atomic E-state index is 12.2. The summed E-state index contributed by atoms with van der Waals surface area (Å²) in [6.07, 6.45) is 0.371. The topological polar surface area (TPSA) is 65.8 Å². The fraction of sp³-hybridized carbons (Fsp3) is 0.350. The molecule has 0 unspecified atom stereocenters. The smallest absolute Gasteiger partial charge is 0.225 e. The van der Waals surface area contributed by atoms with Crippen molar-refractivity contribution in [1.29, 1.82) is 5.26 Å². The summed E-state index contributed by atoms with van der Waals surface area (Å²) in [6, 6.07) is 8.23. The third-order valence-corrected chi connectivity index (χ3v) is 5.13. The highest BCUT2D eigenvalue weighted by Gasteiger charge is 2.13. The van der Waals surface area contributed by atoms with E-state index in [2.05, 4.69) is 22.4 Å². The van der Waals surface area contributed by atoms with Gasteiger partial charge in [0.05, 0.1) is 5.56 Å². The minimum atomic E-state index is -0.0310. The van der Waals surface area contributed by atoms with Gasteiger partial charge in [0.15, 0.2) is 0 Å². The molecule has 2 rings (SSSR count). The van der Waals surface area contributed by atoms with E-state index >= 15 is 0 Å². The highest BCUT2D eigenvalue weighted by Crippen LogP contribution is 2.27. The molecule has 1 aromatic heterocycles. The molecule has 0 saturated carbocycles. The van der Waals surface area contributed by atoms with Crippen molar-refractivity contribution < 1.29 is 4.79 Å². The molecule has 25 heavy (non-hydrogen) atoms. The maximum Gasteiger partial charge on any atom is 0.225 e. The third-order valence-electron chi connectivity index (χ3n) is 4.15. The molecule has 2 aromatic rings. The zero-order valence-corrected chi connectivity index (χ0v) is 16.2. The standard InChI is InChI=1S/C20H23N3OS/c1-12-8-13(2)10-17(9-12)23-19(24)6-7-25-20-18(11-21)15(4)14(3)16(5)22-20/h8-10H,6-7H2,1-5H3,(H,23,24). The fourth-order valence-electron chi connectivity index (χ4n) is 2.66. The molecular formula is C20H23N3OS. The third kappa shape index (κ3) is 4.83. The lowest BCUT2D eigenvalue weighted by Crippen LogP contribution is -2.12. The molecule has 1 aromatic carbocycles. The number of carbonyl (C=O) groups excluding carboxylic acids is 1. The zero-order chi connectivity index (χ0) is 18.6. The first-order valence-electron chi connectivity index (χ1n) is 8.20. The number of nitriles is 1. The Morgan fingerprint density at radius 2 is 1.76 bits per heavy atom. The van der Waals surface area contributed by atoms with Gasteiger partial charge in [-0.1, -0.05) is 6.07 Å². The van der Waals surface area contributed by atoms with Gasteiger partial charge in [0.1, 0.15) is 11.1 Å². The van der Waals surface area contributed by atoms with Gasteiger partial charge in [0.2, 0.25) is 5.91 Å². The summed E-state index contributed by atoms with van der Waals surface area (Å²) in [5, 5.41) is 13.0. The Labute approximate surface area is 153 Å². The van der Waals surface area contributed by atoms with Gasteiger partial charge in [-0.15, -0.1) is 11.8 Å². The number of aryl methyl sites for hydroxylation is 3. The van der Waals surface area contributed by atoms with E-state index in [1.54, 1.807) is 0 Å². The number of amides is 1. The number of rotatable bonds is 5. The molecule has 0 atom stereocenters. The van der Waals surface area contributed by atoms with Crippen LogP contribution in [0.4, 0.5) is 5.69 Å². The largest absolute Gasteiger partial charge is 0.326 e. The normalized spacial score (nSPS) is 10.4. The molecule has 1 amide bonds. The average molecular weight is 353 g/mol. The number of thioether (sulfide) groups is 1. The van der Waals surface area contributed by atoms with E-state index in [-0.39, 0.29) is 5.91 Å². The van der Waals surface area contributed by atoms with E-state index in [1.807, 2.05) is 46.8 Å². The highest BCUT2D eigenvalue weighted by atomic mass is 32.2. The molecular weight excluding hydrogens is 330 g/mol. The average Bonchev–Trinajstić information content (AvgIpc) is 2.52. The lowest BCUT2D eigenvalue weighted by molar-refractivity contribution is -0.115. The summed E-state index contributed by atoms with van der Waals surface area (Å²) in [7, 11) is 0. The summed E-state index contributed by atoms with van der Waals surface area (Å²) in [4.78, 5) is 16.7. The number of nitrogens with zero attached hydrogens (tertiary/aromatic N) is 2. The van der Waals surface area contributed by atoms with Crippen LogP contribution >= 0.6 is 11.8 Å². The SMILES string of the molecule is Cc1cc(C)cc(NC(=O)CCSc2nc(C)c(C)c(C)c2C#N)c1. The van der Waals surface area contributed by atoms with E-state index < -0.39 is 0 Å². The van der Waals surface area contributed by atoms with Crippen LogP contribution in [-0.4, -0.2) is 16.6 Å². The molecule has 0 saturated heterocycles. The molecule has 5 heteroatoms. The summed E-state index contributed by atoms with van der Waals surface area (Å²) >= 11 is 1.46. The lowest BCUT2D eigenvalue weighted by atomic mass is 10.1. The van der Waals surface area contributed by atoms with Crippen molar-refractivity contribution in [3.63, 3.8) is 0 Å². The van der Waals surface area contributed by atoms with E-state index in [4.69, 9.17) is 0 Å². The Balaban J connectivity index is 1.99. The summed E-state index contributed by atoms with van der Waals surface area (Å²) < 4.78 is 0. The van der Waals surface area contributed by atoms with Crippen molar-refractivity contribution in [3.8, 4) is 6.07 Å². The number of aromatic nitrogens is 1. The van der Waals surface area contributed by atoms with Crippen LogP contribution in [0.2, 0.25) is 0 Å². The second-order valence-corrected chi connectivity index (χ2v) is 7.35. The molecule has 0 aliphatic carbocycles. The zero-order valence-electron chi connectivity index (χ0n) is 15.4. The molecule has 0 spiro atoms. The van der Waals surface area contributed by atoms with Gasteiger partial charge < -0.3 is 5.32 Å². The summed E-state index contributed by atoms with van der Waals surface area (Å²) in [6.45, 7) is 9.88. The fourth-order valence-corrected chi connectivity index (χ4v) is 3.68. The number of benzene rings is 1. The number of carbonyl (C=O) groups is 1. The molecule has 4 nitrogen and oxygen atoms in total. The number of hydrogen-bond acceptors (Lipinski definition) is 4. The summed E-state index contributed by atoms with van der Waals surface area (Å²) in [5.74, 6) is 0.553. The van der Waals surface area contributed by atoms with Crippen LogP contribution in [0, 0.1) is 45.9 Å². The first-order valence-corrected chi connectivity index (χ1v) is 9.19. The monoisotopic (exact) mass is 353 g/mol. The molecule has 0 bridgehead atoms. The Bertz CT molecular complexity index is 833. The van der Waals surface area contributed by atoms with Crippen LogP contribution in [0.1, 0.15) is 39.9 Å². The molecule has 0 radical (unpaired) electrons. The molecule has 1 heterocycles. The first kappa shape index (κ1) is 19.0. The minimum Gasteiger partial charge on any atom is -0.326 e. The molecule has 0 aliphatic rings. The number of nitrogens with one attached hydrogen (secondary N) is 1. The second-order valence-electron chi connectivity index (χ2n) is 6.26. The van der Waals surface area contributed by atoms with E-state index in [1.165, 1.54) is 11.8 Å². The van der Waals surface area contributed by atoms with Gasteiger partial charge in [-0.05, 0) is 69.0 Å². The van der Waals surface area contributed by atoms with Crippen LogP contribution in [0.3, 0.4) is 0 Å². The number of anilines is 1. The van der Waals surface area contributed by atoms with E-state index in [0.29, 0.717) is 22.8 Å². The highest BCUT2D eigenvalue weighted by molar-refractivity contribution is 7.99. The van der Waals surface area contributed by atoms with E-state index in [0.717, 1.165) is 33.6 Å². The number of hydrogen-bond donors (Lipinski definition) is 1. The molecule has 1 N–H and O–H groups in total. The van der Waals surface area contributed by atoms with Crippen LogP contribution in [0.25, 0.3) is 0 Å². The van der Waals surface area contributed by atoms with Crippen molar-refractivity contribution in [2.45, 2.75) is 46.1 Å². The van der Waals surface area contributed by atoms with Crippen LogP contribution in [0.5, 0.6) is 0 Å². The van der Waals surface area contributed by atoms with Crippen LogP contribution in [0.15, 0.2) is 23.2 Å². The van der Waals surface area contributed by atoms with Gasteiger partial charge in [-0.2, -0.15) is 5.26 Å². The Hall–Kier alpha value is -2.32. The van der Waals surface area contributed by atoms with Gasteiger partial charge in [-0.25, -0.2) is 4.98 Å². The van der Waals surface area contributed by atoms with Crippen molar-refractivity contribution in [3.05, 3.63) is 51.7 Å². The predicted molar refractivity (Wildman–Crippen MR) is 103 cm³/mol. The maximum absolute atomic E-state index is 12.2. The van der Waals surface area contributed by atoms with E-state index in [9.17, 15) is 10.1 Å². The van der Waals surface area contributed by atoms with Gasteiger partial charge >= 0.3 is 0 Å². The van der Waals surface area contributed by atoms with Crippen molar-refractivity contribution in [1.82, 2.24) is 4.98 Å². The summed E-state index contributed by atoms with van der Waals surface area (Å²) in [5.41, 5.74) is 6.63. The predicted octanol–water partition coefficient (Wildman–Crippen LogP) is 4.62. The Morgan fingerprint density at radius 3 is 2.36 bits per heavy atom. The Morgan fingerprint density at radius 1 is 1.12 bits per heavy atom. The second kappa shape index (κ2) is 8.17. The number of pyridine rings is 1. The van der Waals surface area contributed by atoms with Crippen molar-refractivity contribution in [2.75, 3.05) is 11.1 Å². The quantitative estimate of drug-likeness (QED) is 0.797. The lowest BCUT2D eigenvalue weighted by Gasteiger charge is -2.11. The van der Waals surface area contributed by atoms with Gasteiger partial charge in [-0.3, -0.25) is 4.79 Å². The van der Waals surface area contributed by atoms with Crippen LogP contribution in [-0.2, 0) is 4.79 Å². The molecule has 130 valence electrons. The Kier molecular flexibility index (Phi) is 6.22. The first-order chi connectivity index (χ1) is 11.8. The minimum absolute atomic E-state index is 0.0310. The van der Waals surface area contributed by atoms with Gasteiger partial charge in [0, 0.05) is 23.6 Å². The van der Waals surface area contributed by atoms with Crippen molar-refractivity contribution in [2.24, 2.45) is 0 Å². The van der Waals surface area contributed by atoms with Gasteiger partial charge in [0.25, 0.3) is 0 Å². The van der Waals surface area contributed by atoms with Crippen molar-refractivity contribution >= 4 is 23.4 Å². The molecule has 0 aliphatic heterocycles.